The molecule has 0 bridgehead atoms. The van der Waals surface area contributed by atoms with Gasteiger partial charge < -0.3 is 0 Å². The topological polar surface area (TPSA) is 12.9 Å². The number of nitrogens with zero attached hydrogens (tertiary/aromatic N) is 1. The largest absolute Gasteiger partial charge is 0.269 e. The number of aromatic nitrogens is 1. The van der Waals surface area contributed by atoms with Gasteiger partial charge in [-0.15, -0.1) is 0 Å². The third-order valence-electron chi connectivity index (χ3n) is 2.52. The fraction of sp³-hybridized carbons (Fsp3) is 0. The summed E-state index contributed by atoms with van der Waals surface area (Å²) in [6, 6.07) is 14.1. The molecule has 0 spiro atoms. The maximum Gasteiger partial charge on any atom is 0.269 e. The zero-order valence-corrected chi connectivity index (χ0v) is 9.17. The molecule has 0 aliphatic heterocycles. The summed E-state index contributed by atoms with van der Waals surface area (Å²) >= 11 is 1.03. The molecule has 0 saturated carbocycles. The molecular weight excluding hydrogens is 221 g/mol. The van der Waals surface area contributed by atoms with Crippen LogP contribution < -0.4 is 0 Å². The third kappa shape index (κ3) is 1.59. The van der Waals surface area contributed by atoms with Crippen molar-refractivity contribution in [3.8, 4) is 11.3 Å². The molecule has 78 valence electrons. The molecule has 0 unspecified atom stereocenters. The van der Waals surface area contributed by atoms with Gasteiger partial charge in [-0.05, 0) is 16.8 Å². The first kappa shape index (κ1) is 9.48. The summed E-state index contributed by atoms with van der Waals surface area (Å²) in [5.74, 6) is 0. The van der Waals surface area contributed by atoms with Crippen LogP contribution in [-0.4, -0.2) is 4.98 Å². The summed E-state index contributed by atoms with van der Waals surface area (Å²) in [5.41, 5.74) is 1.66. The van der Waals surface area contributed by atoms with Gasteiger partial charge in [0.25, 0.3) is 5.26 Å². The molecule has 3 aromatic rings. The number of fused-ring (bicyclic) bond motifs is 1. The van der Waals surface area contributed by atoms with Gasteiger partial charge >= 0.3 is 0 Å². The van der Waals surface area contributed by atoms with Crippen molar-refractivity contribution in [1.29, 1.82) is 0 Å². The molecule has 0 aliphatic carbocycles. The lowest BCUT2D eigenvalue weighted by molar-refractivity contribution is 0.618. The first-order chi connectivity index (χ1) is 7.83. The van der Waals surface area contributed by atoms with E-state index in [0.717, 1.165) is 22.3 Å². The number of benzene rings is 2. The van der Waals surface area contributed by atoms with Gasteiger partial charge in [-0.3, -0.25) is 0 Å². The fourth-order valence-electron chi connectivity index (χ4n) is 1.73. The van der Waals surface area contributed by atoms with Gasteiger partial charge in [0.05, 0.1) is 5.69 Å². The average Bonchev–Trinajstić information content (AvgIpc) is 2.75. The van der Waals surface area contributed by atoms with Gasteiger partial charge in [0.15, 0.2) is 0 Å². The minimum atomic E-state index is -0.386. The highest BCUT2D eigenvalue weighted by molar-refractivity contribution is 7.08. The van der Waals surface area contributed by atoms with Gasteiger partial charge in [-0.1, -0.05) is 47.7 Å². The van der Waals surface area contributed by atoms with E-state index < -0.39 is 0 Å². The molecule has 3 rings (SSSR count). The van der Waals surface area contributed by atoms with E-state index >= 15 is 0 Å². The lowest BCUT2D eigenvalue weighted by atomic mass is 10.1. The van der Waals surface area contributed by atoms with E-state index in [1.807, 2.05) is 36.4 Å². The third-order valence-corrected chi connectivity index (χ3v) is 3.15. The quantitative estimate of drug-likeness (QED) is 0.612. The Labute approximate surface area is 96.2 Å². The zero-order chi connectivity index (χ0) is 11.0. The Morgan fingerprint density at radius 2 is 1.81 bits per heavy atom. The molecule has 16 heavy (non-hydrogen) atoms. The Morgan fingerprint density at radius 3 is 2.56 bits per heavy atom. The number of hydrogen-bond acceptors (Lipinski definition) is 2. The van der Waals surface area contributed by atoms with Gasteiger partial charge in [0.2, 0.25) is 0 Å². The Kier molecular flexibility index (Phi) is 2.18. The number of rotatable bonds is 1. The Morgan fingerprint density at radius 1 is 1.00 bits per heavy atom. The van der Waals surface area contributed by atoms with Crippen LogP contribution in [0.4, 0.5) is 4.39 Å². The Bertz CT molecular complexity index is 645. The van der Waals surface area contributed by atoms with Crippen molar-refractivity contribution in [2.75, 3.05) is 0 Å². The van der Waals surface area contributed by atoms with Crippen LogP contribution in [-0.2, 0) is 0 Å². The molecule has 0 atom stereocenters. The lowest BCUT2D eigenvalue weighted by Gasteiger charge is -2.00. The lowest BCUT2D eigenvalue weighted by Crippen LogP contribution is -1.79. The molecule has 0 amide bonds. The van der Waals surface area contributed by atoms with E-state index in [1.54, 1.807) is 5.38 Å². The standard InChI is InChI=1S/C13H8FNS/c14-13-15-12(8-16-13)11-6-5-9-3-1-2-4-10(9)7-11/h1-8H. The predicted octanol–water partition coefficient (Wildman–Crippen LogP) is 4.10. The van der Waals surface area contributed by atoms with Crippen molar-refractivity contribution in [2.45, 2.75) is 0 Å². The van der Waals surface area contributed by atoms with E-state index in [0.29, 0.717) is 5.69 Å². The molecule has 0 N–H and O–H groups in total. The minimum absolute atomic E-state index is 0.386. The van der Waals surface area contributed by atoms with Crippen molar-refractivity contribution in [3.63, 3.8) is 0 Å². The predicted molar refractivity (Wildman–Crippen MR) is 65.0 cm³/mol. The van der Waals surface area contributed by atoms with Crippen LogP contribution in [0.5, 0.6) is 0 Å². The normalized spacial score (nSPS) is 10.8. The second-order valence-electron chi connectivity index (χ2n) is 3.55. The van der Waals surface area contributed by atoms with Gasteiger partial charge in [0.1, 0.15) is 0 Å². The molecule has 0 aliphatic rings. The minimum Gasteiger partial charge on any atom is -0.209 e. The fourth-order valence-corrected chi connectivity index (χ4v) is 2.28. The van der Waals surface area contributed by atoms with E-state index in [1.165, 1.54) is 5.39 Å². The van der Waals surface area contributed by atoms with Crippen LogP contribution in [0.2, 0.25) is 0 Å². The maximum absolute atomic E-state index is 12.8. The molecule has 1 nitrogen and oxygen atoms in total. The van der Waals surface area contributed by atoms with Crippen molar-refractivity contribution < 1.29 is 4.39 Å². The maximum atomic E-state index is 12.8. The van der Waals surface area contributed by atoms with E-state index in [2.05, 4.69) is 11.1 Å². The zero-order valence-electron chi connectivity index (χ0n) is 8.35. The summed E-state index contributed by atoms with van der Waals surface area (Å²) in [6.45, 7) is 0. The van der Waals surface area contributed by atoms with Crippen LogP contribution in [0.25, 0.3) is 22.0 Å². The Hall–Kier alpha value is -1.74. The van der Waals surface area contributed by atoms with Crippen LogP contribution in [0.15, 0.2) is 47.8 Å². The van der Waals surface area contributed by atoms with Gasteiger partial charge in [0, 0.05) is 10.9 Å². The second-order valence-corrected chi connectivity index (χ2v) is 4.36. The highest BCUT2D eigenvalue weighted by Gasteiger charge is 2.04. The monoisotopic (exact) mass is 229 g/mol. The summed E-state index contributed by atoms with van der Waals surface area (Å²) in [6.07, 6.45) is 0. The average molecular weight is 229 g/mol. The molecule has 2 aromatic carbocycles. The summed E-state index contributed by atoms with van der Waals surface area (Å²) in [5, 5.41) is 3.68. The molecule has 0 radical (unpaired) electrons. The van der Waals surface area contributed by atoms with E-state index in [9.17, 15) is 4.39 Å². The summed E-state index contributed by atoms with van der Waals surface area (Å²) in [4.78, 5) is 3.84. The second kappa shape index (κ2) is 3.68. The summed E-state index contributed by atoms with van der Waals surface area (Å²) in [7, 11) is 0. The van der Waals surface area contributed by atoms with Crippen molar-refractivity contribution in [1.82, 2.24) is 4.98 Å². The van der Waals surface area contributed by atoms with Crippen LogP contribution >= 0.6 is 11.3 Å². The summed E-state index contributed by atoms with van der Waals surface area (Å²) < 4.78 is 12.8. The molecule has 0 saturated heterocycles. The van der Waals surface area contributed by atoms with Crippen molar-refractivity contribution >= 4 is 22.1 Å². The van der Waals surface area contributed by atoms with Crippen LogP contribution in [0, 0.1) is 5.26 Å². The Balaban J connectivity index is 2.18. The van der Waals surface area contributed by atoms with Crippen LogP contribution in [0.3, 0.4) is 0 Å². The molecule has 1 heterocycles. The number of thiazole rings is 1. The highest BCUT2D eigenvalue weighted by Crippen LogP contribution is 2.25. The van der Waals surface area contributed by atoms with Gasteiger partial charge in [-0.25, -0.2) is 4.98 Å². The number of hydrogen-bond donors (Lipinski definition) is 0. The van der Waals surface area contributed by atoms with Crippen LogP contribution in [0.1, 0.15) is 0 Å². The van der Waals surface area contributed by atoms with Gasteiger partial charge in [-0.2, -0.15) is 4.39 Å². The first-order valence-electron chi connectivity index (χ1n) is 4.93. The molecule has 3 heteroatoms. The molecular formula is C13H8FNS. The van der Waals surface area contributed by atoms with E-state index in [4.69, 9.17) is 0 Å². The first-order valence-corrected chi connectivity index (χ1v) is 5.81. The van der Waals surface area contributed by atoms with Crippen molar-refractivity contribution in [3.05, 3.63) is 53.1 Å². The molecule has 1 aromatic heterocycles. The highest BCUT2D eigenvalue weighted by atomic mass is 32.1. The smallest absolute Gasteiger partial charge is 0.209 e. The van der Waals surface area contributed by atoms with E-state index in [-0.39, 0.29) is 5.26 Å². The SMILES string of the molecule is Fc1nc(-c2ccc3ccccc3c2)cs1. The van der Waals surface area contributed by atoms with Crippen molar-refractivity contribution in [2.24, 2.45) is 0 Å². The number of halogens is 1. The molecule has 0 fully saturated rings.